The second kappa shape index (κ2) is 3.73. The second-order valence-electron chi connectivity index (χ2n) is 4.64. The van der Waals surface area contributed by atoms with Crippen molar-refractivity contribution >= 4 is 5.78 Å². The maximum atomic E-state index is 11.0. The van der Waals surface area contributed by atoms with Gasteiger partial charge in [-0.3, -0.25) is 4.79 Å². The standard InChI is InChI=1S/C11H18N2O/c1-12(2)6-9-7-13(8-9)10-3-4-11(14)5-10/h5,9H,3-4,6-8H2,1-2H3. The average molecular weight is 194 g/mol. The Bertz CT molecular complexity index is 264. The summed E-state index contributed by atoms with van der Waals surface area (Å²) < 4.78 is 0. The Morgan fingerprint density at radius 2 is 2.14 bits per heavy atom. The van der Waals surface area contributed by atoms with E-state index in [4.69, 9.17) is 0 Å². The number of ketones is 1. The molecular weight excluding hydrogens is 176 g/mol. The minimum absolute atomic E-state index is 0.302. The van der Waals surface area contributed by atoms with E-state index in [0.29, 0.717) is 5.78 Å². The van der Waals surface area contributed by atoms with Gasteiger partial charge in [-0.05, 0) is 20.5 Å². The van der Waals surface area contributed by atoms with Crippen LogP contribution in [0.4, 0.5) is 0 Å². The van der Waals surface area contributed by atoms with Crippen LogP contribution in [0.25, 0.3) is 0 Å². The van der Waals surface area contributed by atoms with Gasteiger partial charge in [0.1, 0.15) is 0 Å². The van der Waals surface area contributed by atoms with Crippen molar-refractivity contribution in [1.29, 1.82) is 0 Å². The largest absolute Gasteiger partial charge is 0.374 e. The third kappa shape index (κ3) is 1.98. The Morgan fingerprint density at radius 1 is 1.43 bits per heavy atom. The number of rotatable bonds is 3. The highest BCUT2D eigenvalue weighted by Gasteiger charge is 2.30. The molecule has 0 aromatic carbocycles. The lowest BCUT2D eigenvalue weighted by Crippen LogP contribution is -2.49. The van der Waals surface area contributed by atoms with Gasteiger partial charge >= 0.3 is 0 Å². The smallest absolute Gasteiger partial charge is 0.157 e. The van der Waals surface area contributed by atoms with Crippen LogP contribution >= 0.6 is 0 Å². The van der Waals surface area contributed by atoms with Crippen molar-refractivity contribution in [3.05, 3.63) is 11.8 Å². The van der Waals surface area contributed by atoms with Crippen LogP contribution in [0.2, 0.25) is 0 Å². The van der Waals surface area contributed by atoms with Gasteiger partial charge in [0, 0.05) is 43.7 Å². The molecule has 1 aliphatic carbocycles. The molecule has 1 heterocycles. The van der Waals surface area contributed by atoms with E-state index in [1.54, 1.807) is 0 Å². The molecule has 0 aromatic rings. The van der Waals surface area contributed by atoms with Crippen molar-refractivity contribution in [2.45, 2.75) is 12.8 Å². The van der Waals surface area contributed by atoms with Crippen LogP contribution in [0.15, 0.2) is 11.8 Å². The Morgan fingerprint density at radius 3 is 2.64 bits per heavy atom. The van der Waals surface area contributed by atoms with Crippen molar-refractivity contribution in [1.82, 2.24) is 9.80 Å². The molecule has 0 saturated carbocycles. The Balaban J connectivity index is 1.78. The normalized spacial score (nSPS) is 22.9. The fraction of sp³-hybridized carbons (Fsp3) is 0.727. The molecular formula is C11H18N2O. The summed E-state index contributed by atoms with van der Waals surface area (Å²) in [4.78, 5) is 15.6. The second-order valence-corrected chi connectivity index (χ2v) is 4.64. The third-order valence-electron chi connectivity index (χ3n) is 2.94. The molecule has 2 rings (SSSR count). The minimum Gasteiger partial charge on any atom is -0.374 e. The molecule has 14 heavy (non-hydrogen) atoms. The molecule has 0 bridgehead atoms. The maximum absolute atomic E-state index is 11.0. The predicted octanol–water partition coefficient (Wildman–Crippen LogP) is 0.727. The summed E-state index contributed by atoms with van der Waals surface area (Å²) in [5.41, 5.74) is 1.27. The number of likely N-dealkylation sites (tertiary alicyclic amines) is 1. The van der Waals surface area contributed by atoms with Gasteiger partial charge in [-0.25, -0.2) is 0 Å². The molecule has 1 fully saturated rings. The fourth-order valence-corrected chi connectivity index (χ4v) is 2.27. The maximum Gasteiger partial charge on any atom is 0.157 e. The predicted molar refractivity (Wildman–Crippen MR) is 55.9 cm³/mol. The van der Waals surface area contributed by atoms with E-state index in [1.165, 1.54) is 5.70 Å². The summed E-state index contributed by atoms with van der Waals surface area (Å²) in [5.74, 6) is 1.10. The Kier molecular flexibility index (Phi) is 2.59. The minimum atomic E-state index is 0.302. The highest BCUT2D eigenvalue weighted by molar-refractivity contribution is 5.92. The van der Waals surface area contributed by atoms with Crippen molar-refractivity contribution < 1.29 is 4.79 Å². The van der Waals surface area contributed by atoms with Gasteiger partial charge in [-0.2, -0.15) is 0 Å². The van der Waals surface area contributed by atoms with Crippen LogP contribution in [0.3, 0.4) is 0 Å². The summed E-state index contributed by atoms with van der Waals surface area (Å²) in [6.45, 7) is 3.44. The lowest BCUT2D eigenvalue weighted by atomic mass is 9.98. The van der Waals surface area contributed by atoms with E-state index in [9.17, 15) is 4.79 Å². The van der Waals surface area contributed by atoms with Gasteiger partial charge in [0.2, 0.25) is 0 Å². The molecule has 0 amide bonds. The quantitative estimate of drug-likeness (QED) is 0.661. The van der Waals surface area contributed by atoms with Crippen molar-refractivity contribution in [3.63, 3.8) is 0 Å². The van der Waals surface area contributed by atoms with Crippen molar-refractivity contribution in [3.8, 4) is 0 Å². The van der Waals surface area contributed by atoms with Gasteiger partial charge in [-0.15, -0.1) is 0 Å². The van der Waals surface area contributed by atoms with E-state index in [2.05, 4.69) is 23.9 Å². The first kappa shape index (κ1) is 9.71. The highest BCUT2D eigenvalue weighted by Crippen LogP contribution is 2.27. The molecule has 0 spiro atoms. The first-order valence-electron chi connectivity index (χ1n) is 5.28. The molecule has 1 aliphatic heterocycles. The van der Waals surface area contributed by atoms with E-state index in [1.807, 2.05) is 6.08 Å². The third-order valence-corrected chi connectivity index (χ3v) is 2.94. The van der Waals surface area contributed by atoms with Crippen LogP contribution in [-0.4, -0.2) is 49.3 Å². The number of carbonyl (C=O) groups is 1. The van der Waals surface area contributed by atoms with E-state index in [0.717, 1.165) is 38.4 Å². The fourth-order valence-electron chi connectivity index (χ4n) is 2.27. The Hall–Kier alpha value is -0.830. The van der Waals surface area contributed by atoms with Gasteiger partial charge in [0.05, 0.1) is 0 Å². The molecule has 0 N–H and O–H groups in total. The summed E-state index contributed by atoms with van der Waals surface area (Å²) in [6, 6.07) is 0. The topological polar surface area (TPSA) is 23.6 Å². The van der Waals surface area contributed by atoms with Crippen LogP contribution in [0.1, 0.15) is 12.8 Å². The molecule has 0 radical (unpaired) electrons. The number of carbonyl (C=O) groups excluding carboxylic acids is 1. The summed E-state index contributed by atoms with van der Waals surface area (Å²) >= 11 is 0. The zero-order valence-corrected chi connectivity index (χ0v) is 8.99. The summed E-state index contributed by atoms with van der Waals surface area (Å²) in [6.07, 6.45) is 3.52. The SMILES string of the molecule is CN(C)CC1CN(C2=CC(=O)CC2)C1. The summed E-state index contributed by atoms with van der Waals surface area (Å²) in [7, 11) is 4.22. The molecule has 0 atom stereocenters. The monoisotopic (exact) mass is 194 g/mol. The molecule has 2 aliphatic rings. The highest BCUT2D eigenvalue weighted by atomic mass is 16.1. The van der Waals surface area contributed by atoms with Crippen molar-refractivity contribution in [2.75, 3.05) is 33.7 Å². The van der Waals surface area contributed by atoms with E-state index >= 15 is 0 Å². The zero-order chi connectivity index (χ0) is 10.1. The molecule has 3 nitrogen and oxygen atoms in total. The molecule has 0 aromatic heterocycles. The first-order chi connectivity index (χ1) is 6.65. The number of allylic oxidation sites excluding steroid dienone is 2. The number of hydrogen-bond acceptors (Lipinski definition) is 3. The number of hydrogen-bond donors (Lipinski definition) is 0. The van der Waals surface area contributed by atoms with Gasteiger partial charge < -0.3 is 9.80 Å². The van der Waals surface area contributed by atoms with Crippen LogP contribution in [0, 0.1) is 5.92 Å². The van der Waals surface area contributed by atoms with Crippen molar-refractivity contribution in [2.24, 2.45) is 5.92 Å². The average Bonchev–Trinajstić information content (AvgIpc) is 2.42. The van der Waals surface area contributed by atoms with Crippen LogP contribution in [-0.2, 0) is 4.79 Å². The number of nitrogens with zero attached hydrogens (tertiary/aromatic N) is 2. The van der Waals surface area contributed by atoms with Gasteiger partial charge in [0.25, 0.3) is 0 Å². The van der Waals surface area contributed by atoms with E-state index in [-0.39, 0.29) is 0 Å². The van der Waals surface area contributed by atoms with Gasteiger partial charge in [-0.1, -0.05) is 0 Å². The van der Waals surface area contributed by atoms with Gasteiger partial charge in [0.15, 0.2) is 5.78 Å². The Labute approximate surface area is 85.4 Å². The summed E-state index contributed by atoms with van der Waals surface area (Å²) in [5, 5.41) is 0. The molecule has 1 saturated heterocycles. The van der Waals surface area contributed by atoms with E-state index < -0.39 is 0 Å². The first-order valence-corrected chi connectivity index (χ1v) is 5.28. The molecule has 78 valence electrons. The lowest BCUT2D eigenvalue weighted by Gasteiger charge is -2.42. The van der Waals surface area contributed by atoms with Crippen LogP contribution in [0.5, 0.6) is 0 Å². The lowest BCUT2D eigenvalue weighted by molar-refractivity contribution is -0.114. The van der Waals surface area contributed by atoms with Crippen LogP contribution < -0.4 is 0 Å². The molecule has 3 heteroatoms. The molecule has 0 unspecified atom stereocenters. The zero-order valence-electron chi connectivity index (χ0n) is 8.99.